The van der Waals surface area contributed by atoms with Crippen molar-refractivity contribution in [3.63, 3.8) is 0 Å². The average Bonchev–Trinajstić information content (AvgIpc) is 2.35. The number of nitrogens with zero attached hydrogens (tertiary/aromatic N) is 2. The number of carbonyl (C=O) groups is 1. The van der Waals surface area contributed by atoms with Crippen molar-refractivity contribution >= 4 is 11.8 Å². The molecule has 0 aliphatic rings. The quantitative estimate of drug-likeness (QED) is 0.788. The molecule has 1 aromatic heterocycles. The predicted molar refractivity (Wildman–Crippen MR) is 72.4 cm³/mol. The van der Waals surface area contributed by atoms with Crippen LogP contribution in [-0.4, -0.2) is 32.7 Å². The Balaban J connectivity index is 2.94. The molecule has 0 aromatic carbocycles. The zero-order valence-electron chi connectivity index (χ0n) is 11.8. The van der Waals surface area contributed by atoms with Gasteiger partial charge in [-0.3, -0.25) is 4.98 Å². The number of anilines is 1. The van der Waals surface area contributed by atoms with E-state index < -0.39 is 11.5 Å². The Bertz CT molecular complexity index is 431. The zero-order chi connectivity index (χ0) is 14.5. The Hall–Kier alpha value is -1.85. The molecule has 0 saturated heterocycles. The van der Waals surface area contributed by atoms with Crippen LogP contribution in [0.4, 0.5) is 5.82 Å². The third kappa shape index (κ3) is 3.81. The number of aromatic nitrogens is 2. The topological polar surface area (TPSA) is 84.3 Å². The van der Waals surface area contributed by atoms with Crippen molar-refractivity contribution in [2.24, 2.45) is 0 Å². The van der Waals surface area contributed by atoms with E-state index in [1.807, 2.05) is 27.7 Å². The molecule has 0 aliphatic carbocycles. The highest BCUT2D eigenvalue weighted by molar-refractivity contribution is 5.82. The van der Waals surface area contributed by atoms with Crippen molar-refractivity contribution in [1.29, 1.82) is 0 Å². The van der Waals surface area contributed by atoms with Crippen LogP contribution in [0.3, 0.4) is 0 Å². The van der Waals surface area contributed by atoms with Gasteiger partial charge >= 0.3 is 5.97 Å². The summed E-state index contributed by atoms with van der Waals surface area (Å²) < 4.78 is 5.44. The van der Waals surface area contributed by atoms with Gasteiger partial charge in [-0.2, -0.15) is 4.98 Å². The second-order valence-electron chi connectivity index (χ2n) is 4.63. The summed E-state index contributed by atoms with van der Waals surface area (Å²) in [5, 5.41) is 12.3. The van der Waals surface area contributed by atoms with Crippen molar-refractivity contribution in [2.45, 2.75) is 52.2 Å². The summed E-state index contributed by atoms with van der Waals surface area (Å²) in [5.41, 5.74) is -1.02. The Morgan fingerprint density at radius 1 is 1.42 bits per heavy atom. The molecular formula is C13H21N3O3. The zero-order valence-corrected chi connectivity index (χ0v) is 11.8. The summed E-state index contributed by atoms with van der Waals surface area (Å²) in [6, 6.07) is 0. The number of nitrogens with one attached hydrogen (secondary N) is 1. The van der Waals surface area contributed by atoms with Gasteiger partial charge < -0.3 is 15.2 Å². The summed E-state index contributed by atoms with van der Waals surface area (Å²) in [5.74, 6) is -0.106. The molecule has 6 heteroatoms. The van der Waals surface area contributed by atoms with Gasteiger partial charge in [-0.15, -0.1) is 0 Å². The molecule has 0 spiro atoms. The molecule has 106 valence electrons. The highest BCUT2D eigenvalue weighted by Gasteiger charge is 2.35. The lowest BCUT2D eigenvalue weighted by atomic mass is 9.93. The maximum Gasteiger partial charge on any atom is 0.329 e. The minimum atomic E-state index is -1.02. The lowest BCUT2D eigenvalue weighted by Gasteiger charge is -2.28. The first-order valence-electron chi connectivity index (χ1n) is 6.43. The third-order valence-corrected chi connectivity index (χ3v) is 2.95. The van der Waals surface area contributed by atoms with Gasteiger partial charge in [0.05, 0.1) is 18.5 Å². The van der Waals surface area contributed by atoms with Gasteiger partial charge in [0.2, 0.25) is 5.88 Å². The standard InChI is InChI=1S/C13H21N3O3/c1-5-13(6-2,12(17)18)16-10-7-14-8-11(15-10)19-9(3)4/h7-9H,5-6H2,1-4H3,(H,15,16)(H,17,18). The number of hydrogen-bond donors (Lipinski definition) is 2. The minimum Gasteiger partial charge on any atom is -0.480 e. The van der Waals surface area contributed by atoms with Crippen molar-refractivity contribution in [1.82, 2.24) is 9.97 Å². The number of carboxylic acid groups (broad SMARTS) is 1. The maximum atomic E-state index is 11.4. The lowest BCUT2D eigenvalue weighted by molar-refractivity contribution is -0.142. The van der Waals surface area contributed by atoms with Crippen LogP contribution in [-0.2, 0) is 4.79 Å². The fourth-order valence-electron chi connectivity index (χ4n) is 1.73. The average molecular weight is 267 g/mol. The summed E-state index contributed by atoms with van der Waals surface area (Å²) >= 11 is 0. The normalized spacial score (nSPS) is 11.4. The first-order chi connectivity index (χ1) is 8.93. The van der Waals surface area contributed by atoms with Gasteiger partial charge in [-0.05, 0) is 26.7 Å². The predicted octanol–water partition coefficient (Wildman–Crippen LogP) is 2.32. The van der Waals surface area contributed by atoms with Gasteiger partial charge in [0, 0.05) is 0 Å². The number of carboxylic acids is 1. The van der Waals surface area contributed by atoms with E-state index in [-0.39, 0.29) is 6.10 Å². The fourth-order valence-corrected chi connectivity index (χ4v) is 1.73. The Morgan fingerprint density at radius 2 is 2.05 bits per heavy atom. The number of aliphatic carboxylic acids is 1. The van der Waals surface area contributed by atoms with Gasteiger partial charge in [0.15, 0.2) is 0 Å². The molecule has 1 heterocycles. The molecule has 0 bridgehead atoms. The monoisotopic (exact) mass is 267 g/mol. The molecule has 0 aliphatic heterocycles. The van der Waals surface area contributed by atoms with Gasteiger partial charge in [0.1, 0.15) is 11.4 Å². The van der Waals surface area contributed by atoms with Crippen molar-refractivity contribution in [3.05, 3.63) is 12.4 Å². The summed E-state index contributed by atoms with van der Waals surface area (Å²) in [4.78, 5) is 19.6. The molecule has 0 atom stereocenters. The van der Waals surface area contributed by atoms with Crippen LogP contribution >= 0.6 is 0 Å². The maximum absolute atomic E-state index is 11.4. The molecule has 6 nitrogen and oxygen atoms in total. The van der Waals surface area contributed by atoms with Crippen molar-refractivity contribution in [3.8, 4) is 5.88 Å². The second kappa shape index (κ2) is 6.36. The Labute approximate surface area is 113 Å². The molecule has 0 saturated carbocycles. The lowest BCUT2D eigenvalue weighted by Crippen LogP contribution is -2.45. The molecule has 0 fully saturated rings. The second-order valence-corrected chi connectivity index (χ2v) is 4.63. The van der Waals surface area contributed by atoms with E-state index in [9.17, 15) is 9.90 Å². The van der Waals surface area contributed by atoms with E-state index in [4.69, 9.17) is 4.74 Å². The van der Waals surface area contributed by atoms with Crippen molar-refractivity contribution < 1.29 is 14.6 Å². The molecule has 0 unspecified atom stereocenters. The van der Waals surface area contributed by atoms with Crippen LogP contribution in [0.5, 0.6) is 5.88 Å². The first-order valence-corrected chi connectivity index (χ1v) is 6.43. The van der Waals surface area contributed by atoms with Crippen molar-refractivity contribution in [2.75, 3.05) is 5.32 Å². The highest BCUT2D eigenvalue weighted by atomic mass is 16.5. The number of hydrogen-bond acceptors (Lipinski definition) is 5. The van der Waals surface area contributed by atoms with E-state index in [0.717, 1.165) is 0 Å². The van der Waals surface area contributed by atoms with Crippen LogP contribution in [0, 0.1) is 0 Å². The summed E-state index contributed by atoms with van der Waals surface area (Å²) in [6.45, 7) is 7.43. The minimum absolute atomic E-state index is 0.00821. The SMILES string of the molecule is CCC(CC)(Nc1cncc(OC(C)C)n1)C(=O)O. The highest BCUT2D eigenvalue weighted by Crippen LogP contribution is 2.22. The van der Waals surface area contributed by atoms with E-state index in [1.54, 1.807) is 0 Å². The van der Waals surface area contributed by atoms with Crippen LogP contribution in [0.25, 0.3) is 0 Å². The van der Waals surface area contributed by atoms with E-state index in [1.165, 1.54) is 12.4 Å². The number of ether oxygens (including phenoxy) is 1. The molecule has 0 radical (unpaired) electrons. The van der Waals surface area contributed by atoms with Gasteiger partial charge in [0.25, 0.3) is 0 Å². The first kappa shape index (κ1) is 15.2. The fraction of sp³-hybridized carbons (Fsp3) is 0.615. The van der Waals surface area contributed by atoms with E-state index in [2.05, 4.69) is 15.3 Å². The van der Waals surface area contributed by atoms with Crippen LogP contribution in [0.2, 0.25) is 0 Å². The molecule has 0 amide bonds. The molecule has 1 rings (SSSR count). The van der Waals surface area contributed by atoms with E-state index >= 15 is 0 Å². The molecule has 19 heavy (non-hydrogen) atoms. The summed E-state index contributed by atoms with van der Waals surface area (Å²) in [6.07, 6.45) is 3.90. The third-order valence-electron chi connectivity index (χ3n) is 2.95. The number of rotatable bonds is 7. The van der Waals surface area contributed by atoms with Crippen LogP contribution in [0.15, 0.2) is 12.4 Å². The van der Waals surface area contributed by atoms with Crippen LogP contribution < -0.4 is 10.1 Å². The largest absolute Gasteiger partial charge is 0.480 e. The van der Waals surface area contributed by atoms with Gasteiger partial charge in [-0.1, -0.05) is 13.8 Å². The Kier molecular flexibility index (Phi) is 5.09. The smallest absolute Gasteiger partial charge is 0.329 e. The molecule has 1 aromatic rings. The van der Waals surface area contributed by atoms with Gasteiger partial charge in [-0.25, -0.2) is 4.79 Å². The molecule has 2 N–H and O–H groups in total. The summed E-state index contributed by atoms with van der Waals surface area (Å²) in [7, 11) is 0. The molecular weight excluding hydrogens is 246 g/mol. The Morgan fingerprint density at radius 3 is 2.53 bits per heavy atom. The van der Waals surface area contributed by atoms with Crippen LogP contribution in [0.1, 0.15) is 40.5 Å². The van der Waals surface area contributed by atoms with E-state index in [0.29, 0.717) is 24.5 Å².